The molecular weight excluding hydrogens is 284 g/mol. The molecule has 108 valence electrons. The number of fused-ring (bicyclic) bond motifs is 1. The van der Waals surface area contributed by atoms with Crippen molar-refractivity contribution in [3.8, 4) is 0 Å². The molecule has 0 aliphatic carbocycles. The smallest absolute Gasteiger partial charge is 0.267 e. The first-order valence-electron chi connectivity index (χ1n) is 6.75. The van der Waals surface area contributed by atoms with E-state index in [0.717, 1.165) is 28.0 Å². The summed E-state index contributed by atoms with van der Waals surface area (Å²) in [5.74, 6) is 0.101. The summed E-state index contributed by atoms with van der Waals surface area (Å²) in [4.78, 5) is 24.8. The Kier molecular flexibility index (Phi) is 3.47. The number of aromatic amines is 1. The average Bonchev–Trinajstić information content (AvgIpc) is 3.09. The first-order chi connectivity index (χ1) is 10.1. The summed E-state index contributed by atoms with van der Waals surface area (Å²) in [6.45, 7) is 6.04. The molecule has 0 fully saturated rings. The second-order valence-corrected chi connectivity index (χ2v) is 6.07. The predicted octanol–water partition coefficient (Wildman–Crippen LogP) is 3.70. The molecule has 0 aliphatic heterocycles. The number of carbonyl (C=O) groups is 1. The van der Waals surface area contributed by atoms with Crippen LogP contribution in [-0.4, -0.2) is 20.9 Å². The topological polar surface area (TPSA) is 70.7 Å². The van der Waals surface area contributed by atoms with Crippen LogP contribution in [0.5, 0.6) is 0 Å². The highest BCUT2D eigenvalue weighted by atomic mass is 32.1. The second-order valence-electron chi connectivity index (χ2n) is 5.21. The van der Waals surface area contributed by atoms with E-state index in [4.69, 9.17) is 0 Å². The van der Waals surface area contributed by atoms with Gasteiger partial charge in [0.15, 0.2) is 0 Å². The molecule has 0 radical (unpaired) electrons. The Hall–Kier alpha value is -2.21. The summed E-state index contributed by atoms with van der Waals surface area (Å²) in [6, 6.07) is 1.96. The Morgan fingerprint density at radius 3 is 2.95 bits per heavy atom. The quantitative estimate of drug-likeness (QED) is 0.774. The summed E-state index contributed by atoms with van der Waals surface area (Å²) < 4.78 is 0. The van der Waals surface area contributed by atoms with E-state index in [1.165, 1.54) is 11.3 Å². The third kappa shape index (κ3) is 2.42. The lowest BCUT2D eigenvalue weighted by Crippen LogP contribution is -2.14. The molecule has 0 saturated carbocycles. The normalized spacial score (nSPS) is 11.2. The number of hydrogen-bond donors (Lipinski definition) is 2. The third-order valence-electron chi connectivity index (χ3n) is 3.45. The van der Waals surface area contributed by atoms with Gasteiger partial charge >= 0.3 is 0 Å². The molecule has 5 nitrogen and oxygen atoms in total. The fourth-order valence-electron chi connectivity index (χ4n) is 2.28. The standard InChI is InChI=1S/C15H16N4OS/c1-8(2)12-13(21-7-18-12)15(20)19-11-6-17-14-10(9(11)3)4-5-16-14/h4-8H,1-3H3,(H,16,17)(H,19,20). The van der Waals surface area contributed by atoms with Crippen molar-refractivity contribution in [1.29, 1.82) is 0 Å². The zero-order chi connectivity index (χ0) is 15.0. The van der Waals surface area contributed by atoms with E-state index in [-0.39, 0.29) is 11.8 Å². The molecule has 3 rings (SSSR count). The van der Waals surface area contributed by atoms with E-state index in [1.807, 2.05) is 33.0 Å². The van der Waals surface area contributed by atoms with Crippen LogP contribution in [-0.2, 0) is 0 Å². The van der Waals surface area contributed by atoms with Crippen LogP contribution in [0.15, 0.2) is 24.0 Å². The Balaban J connectivity index is 1.92. The number of rotatable bonds is 3. The van der Waals surface area contributed by atoms with Crippen molar-refractivity contribution in [1.82, 2.24) is 15.0 Å². The maximum absolute atomic E-state index is 12.5. The van der Waals surface area contributed by atoms with Gasteiger partial charge in [0.05, 0.1) is 23.1 Å². The number of carbonyl (C=O) groups excluding carboxylic acids is 1. The number of aryl methyl sites for hydroxylation is 1. The van der Waals surface area contributed by atoms with Gasteiger partial charge in [0.1, 0.15) is 10.5 Å². The number of anilines is 1. The molecule has 0 aromatic carbocycles. The molecular formula is C15H16N4OS. The van der Waals surface area contributed by atoms with Crippen molar-refractivity contribution in [2.45, 2.75) is 26.7 Å². The van der Waals surface area contributed by atoms with Gasteiger partial charge in [0, 0.05) is 11.6 Å². The number of nitrogens with one attached hydrogen (secondary N) is 2. The Morgan fingerprint density at radius 2 is 2.19 bits per heavy atom. The molecule has 6 heteroatoms. The number of thiazole rings is 1. The van der Waals surface area contributed by atoms with E-state index in [0.29, 0.717) is 4.88 Å². The van der Waals surface area contributed by atoms with Gasteiger partial charge in [-0.05, 0) is 24.5 Å². The van der Waals surface area contributed by atoms with Gasteiger partial charge in [-0.2, -0.15) is 0 Å². The Labute approximate surface area is 126 Å². The van der Waals surface area contributed by atoms with Crippen LogP contribution in [0.25, 0.3) is 11.0 Å². The number of amides is 1. The zero-order valence-corrected chi connectivity index (χ0v) is 12.9. The first kappa shape index (κ1) is 13.8. The summed E-state index contributed by atoms with van der Waals surface area (Å²) in [7, 11) is 0. The van der Waals surface area contributed by atoms with Crippen LogP contribution < -0.4 is 5.32 Å². The molecule has 3 aromatic rings. The van der Waals surface area contributed by atoms with Crippen LogP contribution in [0.4, 0.5) is 5.69 Å². The van der Waals surface area contributed by atoms with Crippen LogP contribution in [0.1, 0.15) is 40.7 Å². The second kappa shape index (κ2) is 5.29. The number of aromatic nitrogens is 3. The Bertz CT molecular complexity index is 803. The fraction of sp³-hybridized carbons (Fsp3) is 0.267. The van der Waals surface area contributed by atoms with Crippen molar-refractivity contribution in [3.63, 3.8) is 0 Å². The number of hydrogen-bond acceptors (Lipinski definition) is 4. The molecule has 1 amide bonds. The molecule has 21 heavy (non-hydrogen) atoms. The molecule has 3 heterocycles. The van der Waals surface area contributed by atoms with E-state index >= 15 is 0 Å². The predicted molar refractivity (Wildman–Crippen MR) is 85.0 cm³/mol. The minimum absolute atomic E-state index is 0.124. The van der Waals surface area contributed by atoms with Gasteiger partial charge in [0.2, 0.25) is 0 Å². The number of nitrogens with zero attached hydrogens (tertiary/aromatic N) is 2. The number of pyridine rings is 1. The van der Waals surface area contributed by atoms with E-state index in [1.54, 1.807) is 11.7 Å². The minimum Gasteiger partial charge on any atom is -0.346 e. The Morgan fingerprint density at radius 1 is 1.38 bits per heavy atom. The molecule has 0 saturated heterocycles. The lowest BCUT2D eigenvalue weighted by Gasteiger charge is -2.09. The van der Waals surface area contributed by atoms with Gasteiger partial charge in [-0.1, -0.05) is 13.8 Å². The molecule has 0 aliphatic rings. The van der Waals surface area contributed by atoms with Crippen molar-refractivity contribution in [2.24, 2.45) is 0 Å². The molecule has 0 bridgehead atoms. The molecule has 3 aromatic heterocycles. The van der Waals surface area contributed by atoms with E-state index < -0.39 is 0 Å². The lowest BCUT2D eigenvalue weighted by atomic mass is 10.1. The van der Waals surface area contributed by atoms with Crippen LogP contribution in [0.3, 0.4) is 0 Å². The van der Waals surface area contributed by atoms with E-state index in [9.17, 15) is 4.79 Å². The SMILES string of the molecule is Cc1c(NC(=O)c2scnc2C(C)C)cnc2[nH]ccc12. The van der Waals surface area contributed by atoms with Crippen molar-refractivity contribution < 1.29 is 4.79 Å². The van der Waals surface area contributed by atoms with Crippen LogP contribution in [0.2, 0.25) is 0 Å². The van der Waals surface area contributed by atoms with Gasteiger partial charge in [-0.15, -0.1) is 11.3 Å². The minimum atomic E-state index is -0.124. The summed E-state index contributed by atoms with van der Waals surface area (Å²) in [5.41, 5.74) is 5.11. The lowest BCUT2D eigenvalue weighted by molar-refractivity contribution is 0.102. The van der Waals surface area contributed by atoms with Gasteiger partial charge in [-0.3, -0.25) is 4.79 Å². The first-order valence-corrected chi connectivity index (χ1v) is 7.63. The largest absolute Gasteiger partial charge is 0.346 e. The van der Waals surface area contributed by atoms with Crippen molar-refractivity contribution in [3.05, 3.63) is 40.1 Å². The fourth-order valence-corrected chi connectivity index (χ4v) is 3.12. The molecule has 0 atom stereocenters. The highest BCUT2D eigenvalue weighted by Gasteiger charge is 2.18. The zero-order valence-electron chi connectivity index (χ0n) is 12.1. The monoisotopic (exact) mass is 300 g/mol. The highest BCUT2D eigenvalue weighted by molar-refractivity contribution is 7.12. The van der Waals surface area contributed by atoms with E-state index in [2.05, 4.69) is 20.3 Å². The van der Waals surface area contributed by atoms with Crippen LogP contribution >= 0.6 is 11.3 Å². The van der Waals surface area contributed by atoms with Gasteiger partial charge in [0.25, 0.3) is 5.91 Å². The third-order valence-corrected chi connectivity index (χ3v) is 4.29. The summed E-state index contributed by atoms with van der Waals surface area (Å²) in [6.07, 6.45) is 3.53. The molecule has 2 N–H and O–H groups in total. The van der Waals surface area contributed by atoms with Gasteiger partial charge < -0.3 is 10.3 Å². The molecule has 0 spiro atoms. The highest BCUT2D eigenvalue weighted by Crippen LogP contribution is 2.26. The average molecular weight is 300 g/mol. The maximum atomic E-state index is 12.5. The maximum Gasteiger partial charge on any atom is 0.267 e. The van der Waals surface area contributed by atoms with Gasteiger partial charge in [-0.25, -0.2) is 9.97 Å². The number of H-pyrrole nitrogens is 1. The molecule has 0 unspecified atom stereocenters. The van der Waals surface area contributed by atoms with Crippen molar-refractivity contribution >= 4 is 34.0 Å². The summed E-state index contributed by atoms with van der Waals surface area (Å²) in [5, 5.41) is 3.96. The summed E-state index contributed by atoms with van der Waals surface area (Å²) >= 11 is 1.37. The van der Waals surface area contributed by atoms with Crippen molar-refractivity contribution in [2.75, 3.05) is 5.32 Å². The van der Waals surface area contributed by atoms with Crippen LogP contribution in [0, 0.1) is 6.92 Å².